The Hall–Kier alpha value is -1.50. The Balaban J connectivity index is 2.67. The normalized spacial score (nSPS) is 10.1. The Morgan fingerprint density at radius 3 is 3.00 bits per heavy atom. The summed E-state index contributed by atoms with van der Waals surface area (Å²) in [7, 11) is 1.92. The summed E-state index contributed by atoms with van der Waals surface area (Å²) in [6.45, 7) is 0. The minimum atomic E-state index is 1.14. The fourth-order valence-electron chi connectivity index (χ4n) is 1.28. The van der Waals surface area contributed by atoms with Crippen LogP contribution in [0.3, 0.4) is 0 Å². The second-order valence-electron chi connectivity index (χ2n) is 2.72. The molecular weight excluding hydrogens is 146 g/mol. The number of hydrogen-bond donors (Lipinski definition) is 1. The maximum atomic E-state index is 3.17. The van der Waals surface area contributed by atoms with Gasteiger partial charge < -0.3 is 5.32 Å². The lowest BCUT2D eigenvalue weighted by Crippen LogP contribution is -1.86. The Morgan fingerprint density at radius 2 is 2.17 bits per heavy atom. The lowest BCUT2D eigenvalue weighted by molar-refractivity contribution is 1.53. The summed E-state index contributed by atoms with van der Waals surface area (Å²) in [6, 6.07) is 15.4. The first-order valence-corrected chi connectivity index (χ1v) is 3.98. The van der Waals surface area contributed by atoms with Crippen molar-refractivity contribution in [3.8, 4) is 0 Å². The minimum absolute atomic E-state index is 1.14. The molecule has 1 heteroatoms. The molecule has 0 fully saturated rings. The lowest BCUT2D eigenvalue weighted by atomic mass is 10.1. The van der Waals surface area contributed by atoms with Crippen molar-refractivity contribution in [1.29, 1.82) is 0 Å². The van der Waals surface area contributed by atoms with Crippen molar-refractivity contribution in [2.75, 3.05) is 12.4 Å². The van der Waals surface area contributed by atoms with Gasteiger partial charge in [0.2, 0.25) is 0 Å². The first-order valence-electron chi connectivity index (χ1n) is 3.98. The third kappa shape index (κ3) is 1.14. The quantitative estimate of drug-likeness (QED) is 0.669. The second-order valence-corrected chi connectivity index (χ2v) is 2.72. The van der Waals surface area contributed by atoms with Gasteiger partial charge in [-0.3, -0.25) is 0 Å². The molecule has 0 aliphatic carbocycles. The van der Waals surface area contributed by atoms with Crippen molar-refractivity contribution in [3.63, 3.8) is 0 Å². The molecule has 1 N–H and O–H groups in total. The van der Waals surface area contributed by atoms with E-state index in [0.717, 1.165) is 11.1 Å². The zero-order chi connectivity index (χ0) is 8.39. The first-order chi connectivity index (χ1) is 5.90. The van der Waals surface area contributed by atoms with E-state index in [4.69, 9.17) is 0 Å². The standard InChI is InChI=1S/C11H10N/c1-12-11-7-6-9-4-2-3-5-10(9)8-11/h2-3,5-8,12H,1H3. The van der Waals surface area contributed by atoms with Crippen LogP contribution in [-0.4, -0.2) is 7.05 Å². The highest BCUT2D eigenvalue weighted by molar-refractivity contribution is 5.85. The Bertz CT molecular complexity index is 393. The maximum Gasteiger partial charge on any atom is 0.0343 e. The van der Waals surface area contributed by atoms with Gasteiger partial charge in [0.05, 0.1) is 0 Å². The summed E-state index contributed by atoms with van der Waals surface area (Å²) < 4.78 is 0. The highest BCUT2D eigenvalue weighted by atomic mass is 14.8. The number of nitrogens with one attached hydrogen (secondary N) is 1. The molecule has 2 rings (SSSR count). The predicted molar refractivity (Wildman–Crippen MR) is 52.3 cm³/mol. The van der Waals surface area contributed by atoms with Crippen LogP contribution in [0.4, 0.5) is 5.69 Å². The van der Waals surface area contributed by atoms with Gasteiger partial charge in [-0.2, -0.15) is 0 Å². The summed E-state index contributed by atoms with van der Waals surface area (Å²) in [5.74, 6) is 0. The van der Waals surface area contributed by atoms with Gasteiger partial charge in [0.1, 0.15) is 0 Å². The van der Waals surface area contributed by atoms with E-state index in [-0.39, 0.29) is 0 Å². The molecule has 0 bridgehead atoms. The third-order valence-corrected chi connectivity index (χ3v) is 1.95. The van der Waals surface area contributed by atoms with Crippen LogP contribution >= 0.6 is 0 Å². The predicted octanol–water partition coefficient (Wildman–Crippen LogP) is 2.68. The highest BCUT2D eigenvalue weighted by Gasteiger charge is 1.92. The molecule has 1 radical (unpaired) electrons. The van der Waals surface area contributed by atoms with Crippen LogP contribution in [0.25, 0.3) is 10.8 Å². The SMILES string of the molecule is CNc1ccc2[c]cccc2c1. The summed E-state index contributed by atoms with van der Waals surface area (Å²) in [6.07, 6.45) is 0. The molecule has 0 unspecified atom stereocenters. The van der Waals surface area contributed by atoms with Crippen molar-refractivity contribution >= 4 is 16.5 Å². The van der Waals surface area contributed by atoms with Crippen LogP contribution < -0.4 is 5.32 Å². The summed E-state index contributed by atoms with van der Waals surface area (Å²) in [5.41, 5.74) is 1.14. The average Bonchev–Trinajstić information content (AvgIpc) is 2.17. The lowest BCUT2D eigenvalue weighted by Gasteiger charge is -2.01. The Labute approximate surface area is 72.0 Å². The monoisotopic (exact) mass is 156 g/mol. The third-order valence-electron chi connectivity index (χ3n) is 1.95. The largest absolute Gasteiger partial charge is 0.388 e. The number of hydrogen-bond acceptors (Lipinski definition) is 1. The van der Waals surface area contributed by atoms with E-state index >= 15 is 0 Å². The fraction of sp³-hybridized carbons (Fsp3) is 0.0909. The smallest absolute Gasteiger partial charge is 0.0343 e. The van der Waals surface area contributed by atoms with Crippen molar-refractivity contribution in [3.05, 3.63) is 42.5 Å². The molecular formula is C11H10N. The topological polar surface area (TPSA) is 12.0 Å². The van der Waals surface area contributed by atoms with Crippen molar-refractivity contribution < 1.29 is 0 Å². The molecule has 0 spiro atoms. The maximum absolute atomic E-state index is 3.17. The molecule has 0 saturated heterocycles. The molecule has 0 amide bonds. The number of benzene rings is 2. The van der Waals surface area contributed by atoms with Gasteiger partial charge >= 0.3 is 0 Å². The van der Waals surface area contributed by atoms with Gasteiger partial charge in [0, 0.05) is 12.7 Å². The molecule has 0 aliphatic heterocycles. The highest BCUT2D eigenvalue weighted by Crippen LogP contribution is 2.17. The van der Waals surface area contributed by atoms with Crippen LogP contribution in [0.2, 0.25) is 0 Å². The van der Waals surface area contributed by atoms with E-state index in [1.807, 2.05) is 19.2 Å². The van der Waals surface area contributed by atoms with E-state index in [2.05, 4.69) is 35.6 Å². The Kier molecular flexibility index (Phi) is 1.71. The Morgan fingerprint density at radius 1 is 1.25 bits per heavy atom. The average molecular weight is 156 g/mol. The van der Waals surface area contributed by atoms with Crippen LogP contribution in [0, 0.1) is 6.07 Å². The molecule has 0 saturated carbocycles. The van der Waals surface area contributed by atoms with Crippen LogP contribution in [0.15, 0.2) is 36.4 Å². The molecule has 59 valence electrons. The minimum Gasteiger partial charge on any atom is -0.388 e. The first kappa shape index (κ1) is 7.17. The van der Waals surface area contributed by atoms with Crippen molar-refractivity contribution in [2.24, 2.45) is 0 Å². The zero-order valence-electron chi connectivity index (χ0n) is 6.96. The molecule has 0 atom stereocenters. The zero-order valence-corrected chi connectivity index (χ0v) is 6.96. The van der Waals surface area contributed by atoms with Gasteiger partial charge in [-0.15, -0.1) is 0 Å². The van der Waals surface area contributed by atoms with Gasteiger partial charge in [0.25, 0.3) is 0 Å². The summed E-state index contributed by atoms with van der Waals surface area (Å²) >= 11 is 0. The molecule has 0 aromatic heterocycles. The summed E-state index contributed by atoms with van der Waals surface area (Å²) in [4.78, 5) is 0. The number of fused-ring (bicyclic) bond motifs is 1. The molecule has 0 aliphatic rings. The second kappa shape index (κ2) is 2.86. The van der Waals surface area contributed by atoms with E-state index < -0.39 is 0 Å². The van der Waals surface area contributed by atoms with Gasteiger partial charge in [-0.1, -0.05) is 24.3 Å². The number of anilines is 1. The van der Waals surface area contributed by atoms with E-state index in [1.165, 1.54) is 5.39 Å². The van der Waals surface area contributed by atoms with Crippen LogP contribution in [-0.2, 0) is 0 Å². The molecule has 2 aromatic rings. The summed E-state index contributed by atoms with van der Waals surface area (Å²) in [5, 5.41) is 5.49. The molecule has 2 aromatic carbocycles. The van der Waals surface area contributed by atoms with E-state index in [0.29, 0.717) is 0 Å². The fourth-order valence-corrected chi connectivity index (χ4v) is 1.28. The number of rotatable bonds is 1. The van der Waals surface area contributed by atoms with E-state index in [1.54, 1.807) is 0 Å². The van der Waals surface area contributed by atoms with Gasteiger partial charge in [-0.25, -0.2) is 0 Å². The van der Waals surface area contributed by atoms with Crippen LogP contribution in [0.5, 0.6) is 0 Å². The van der Waals surface area contributed by atoms with Crippen molar-refractivity contribution in [2.45, 2.75) is 0 Å². The molecule has 0 heterocycles. The van der Waals surface area contributed by atoms with Gasteiger partial charge in [0.15, 0.2) is 0 Å². The van der Waals surface area contributed by atoms with Crippen LogP contribution in [0.1, 0.15) is 0 Å². The molecule has 12 heavy (non-hydrogen) atoms. The van der Waals surface area contributed by atoms with Gasteiger partial charge in [-0.05, 0) is 29.0 Å². The van der Waals surface area contributed by atoms with Crippen molar-refractivity contribution in [1.82, 2.24) is 0 Å². The van der Waals surface area contributed by atoms with E-state index in [9.17, 15) is 0 Å². The molecule has 1 nitrogen and oxygen atoms in total.